The van der Waals surface area contributed by atoms with Crippen LogP contribution in [0.2, 0.25) is 0 Å². The minimum Gasteiger partial charge on any atom is -0.481 e. The van der Waals surface area contributed by atoms with Gasteiger partial charge in [0.1, 0.15) is 6.04 Å². The van der Waals surface area contributed by atoms with E-state index in [1.54, 1.807) is 5.38 Å². The first kappa shape index (κ1) is 15.9. The number of aromatic nitrogens is 1. The monoisotopic (exact) mass is 300 g/mol. The number of amides is 3. The molecule has 3 amide bonds. The highest BCUT2D eigenvalue weighted by molar-refractivity contribution is 7.13. The molecule has 1 heterocycles. The van der Waals surface area contributed by atoms with Gasteiger partial charge in [-0.1, -0.05) is 0 Å². The van der Waals surface area contributed by atoms with Crippen molar-refractivity contribution in [2.45, 2.75) is 32.2 Å². The number of hydrogen-bond acceptors (Lipinski definition) is 5. The van der Waals surface area contributed by atoms with E-state index in [-0.39, 0.29) is 6.42 Å². The van der Waals surface area contributed by atoms with E-state index in [1.165, 1.54) is 18.3 Å². The van der Waals surface area contributed by atoms with Gasteiger partial charge in [0.15, 0.2) is 5.13 Å². The van der Waals surface area contributed by atoms with Gasteiger partial charge in [-0.05, 0) is 19.8 Å². The molecule has 0 aromatic carbocycles. The van der Waals surface area contributed by atoms with Crippen LogP contribution in [-0.4, -0.2) is 34.0 Å². The van der Waals surface area contributed by atoms with Crippen LogP contribution in [0.1, 0.15) is 25.5 Å². The number of carboxylic acid groups (broad SMARTS) is 1. The van der Waals surface area contributed by atoms with Gasteiger partial charge < -0.3 is 21.5 Å². The van der Waals surface area contributed by atoms with Crippen molar-refractivity contribution >= 4 is 34.4 Å². The standard InChI is InChI=1S/C11H16N4O4S/c1-6(13-10(12)19)9(18)15-11-14-7(5-20-11)3-2-4-8(16)17/h5-6H,2-4H2,1H3,(H,16,17)(H3,12,13,19)(H,14,15,18). The van der Waals surface area contributed by atoms with Gasteiger partial charge in [0, 0.05) is 11.8 Å². The number of nitrogens with zero attached hydrogens (tertiary/aromatic N) is 1. The molecule has 20 heavy (non-hydrogen) atoms. The minimum absolute atomic E-state index is 0.0821. The van der Waals surface area contributed by atoms with Crippen LogP contribution in [0, 0.1) is 0 Å². The number of carbonyl (C=O) groups excluding carboxylic acids is 2. The molecule has 0 aliphatic carbocycles. The maximum absolute atomic E-state index is 11.7. The quantitative estimate of drug-likeness (QED) is 0.583. The maximum atomic E-state index is 11.7. The highest BCUT2D eigenvalue weighted by atomic mass is 32.1. The van der Waals surface area contributed by atoms with Crippen LogP contribution in [0.5, 0.6) is 0 Å². The van der Waals surface area contributed by atoms with E-state index in [0.717, 1.165) is 5.69 Å². The van der Waals surface area contributed by atoms with Crippen molar-refractivity contribution in [1.82, 2.24) is 10.3 Å². The highest BCUT2D eigenvalue weighted by Gasteiger charge is 2.15. The van der Waals surface area contributed by atoms with Gasteiger partial charge in [0.2, 0.25) is 5.91 Å². The van der Waals surface area contributed by atoms with Crippen molar-refractivity contribution < 1.29 is 19.5 Å². The number of aliphatic carboxylic acids is 1. The zero-order valence-corrected chi connectivity index (χ0v) is 11.7. The largest absolute Gasteiger partial charge is 0.481 e. The van der Waals surface area contributed by atoms with Gasteiger partial charge in [0.25, 0.3) is 0 Å². The Balaban J connectivity index is 2.45. The third-order valence-corrected chi connectivity index (χ3v) is 3.16. The van der Waals surface area contributed by atoms with Crippen molar-refractivity contribution in [3.05, 3.63) is 11.1 Å². The number of rotatable bonds is 7. The van der Waals surface area contributed by atoms with Crippen LogP contribution in [0.25, 0.3) is 0 Å². The summed E-state index contributed by atoms with van der Waals surface area (Å²) in [7, 11) is 0. The Morgan fingerprint density at radius 2 is 2.20 bits per heavy atom. The number of hydrogen-bond donors (Lipinski definition) is 4. The molecule has 1 unspecified atom stereocenters. The van der Waals surface area contributed by atoms with E-state index in [0.29, 0.717) is 18.0 Å². The lowest BCUT2D eigenvalue weighted by Crippen LogP contribution is -2.44. The second-order valence-electron chi connectivity index (χ2n) is 4.11. The van der Waals surface area contributed by atoms with Gasteiger partial charge in [0.05, 0.1) is 5.69 Å². The third-order valence-electron chi connectivity index (χ3n) is 2.36. The van der Waals surface area contributed by atoms with Crippen LogP contribution in [-0.2, 0) is 16.0 Å². The topological polar surface area (TPSA) is 134 Å². The van der Waals surface area contributed by atoms with Crippen molar-refractivity contribution in [2.24, 2.45) is 5.73 Å². The smallest absolute Gasteiger partial charge is 0.312 e. The van der Waals surface area contributed by atoms with Crippen molar-refractivity contribution in [2.75, 3.05) is 5.32 Å². The molecule has 1 aromatic heterocycles. The summed E-state index contributed by atoms with van der Waals surface area (Å²) in [4.78, 5) is 36.8. The first-order valence-corrected chi connectivity index (χ1v) is 6.79. The van der Waals surface area contributed by atoms with Crippen LogP contribution in [0.15, 0.2) is 5.38 Å². The normalized spacial score (nSPS) is 11.7. The molecular formula is C11H16N4O4S. The Kier molecular flexibility index (Phi) is 5.91. The zero-order chi connectivity index (χ0) is 15.1. The van der Waals surface area contributed by atoms with E-state index >= 15 is 0 Å². The molecule has 8 nitrogen and oxygen atoms in total. The summed E-state index contributed by atoms with van der Waals surface area (Å²) in [5, 5.41) is 15.5. The van der Waals surface area contributed by atoms with Gasteiger partial charge in [-0.2, -0.15) is 0 Å². The molecular weight excluding hydrogens is 284 g/mol. The Morgan fingerprint density at radius 1 is 1.50 bits per heavy atom. The number of thiazole rings is 1. The molecule has 0 aliphatic heterocycles. The fourth-order valence-corrected chi connectivity index (χ4v) is 2.14. The lowest BCUT2D eigenvalue weighted by Gasteiger charge is -2.10. The van der Waals surface area contributed by atoms with Gasteiger partial charge in [-0.15, -0.1) is 11.3 Å². The number of anilines is 1. The molecule has 1 aromatic rings. The van der Waals surface area contributed by atoms with Crippen LogP contribution >= 0.6 is 11.3 Å². The minimum atomic E-state index is -0.847. The number of nitrogens with two attached hydrogens (primary N) is 1. The van der Waals surface area contributed by atoms with Gasteiger partial charge in [-0.3, -0.25) is 9.59 Å². The first-order valence-electron chi connectivity index (χ1n) is 5.91. The summed E-state index contributed by atoms with van der Waals surface area (Å²) in [6.07, 6.45) is 1.11. The second-order valence-corrected chi connectivity index (χ2v) is 4.97. The van der Waals surface area contributed by atoms with Crippen molar-refractivity contribution in [1.29, 1.82) is 0 Å². The van der Waals surface area contributed by atoms with Crippen LogP contribution in [0.3, 0.4) is 0 Å². The average molecular weight is 300 g/mol. The molecule has 0 saturated carbocycles. The first-order chi connectivity index (χ1) is 9.38. The van der Waals surface area contributed by atoms with Crippen molar-refractivity contribution in [3.8, 4) is 0 Å². The molecule has 1 rings (SSSR count). The number of urea groups is 1. The maximum Gasteiger partial charge on any atom is 0.312 e. The Labute approximate surface area is 119 Å². The molecule has 0 aliphatic rings. The predicted octanol–water partition coefficient (Wildman–Crippen LogP) is 0.546. The van der Waals surface area contributed by atoms with E-state index in [4.69, 9.17) is 10.8 Å². The van der Waals surface area contributed by atoms with E-state index in [2.05, 4.69) is 15.6 Å². The number of carboxylic acids is 1. The van der Waals surface area contributed by atoms with Crippen LogP contribution in [0.4, 0.5) is 9.93 Å². The molecule has 0 spiro atoms. The number of primary amides is 1. The second kappa shape index (κ2) is 7.43. The van der Waals surface area contributed by atoms with Crippen LogP contribution < -0.4 is 16.4 Å². The summed E-state index contributed by atoms with van der Waals surface area (Å²) in [6.45, 7) is 1.50. The lowest BCUT2D eigenvalue weighted by molar-refractivity contribution is -0.137. The Bertz CT molecular complexity index is 502. The summed E-state index contributed by atoms with van der Waals surface area (Å²) in [6, 6.07) is -1.53. The van der Waals surface area contributed by atoms with Gasteiger partial charge in [-0.25, -0.2) is 9.78 Å². The van der Waals surface area contributed by atoms with E-state index in [1.807, 2.05) is 0 Å². The molecule has 0 fully saturated rings. The summed E-state index contributed by atoms with van der Waals surface area (Å²) in [5.74, 6) is -1.27. The number of aryl methyl sites for hydroxylation is 1. The molecule has 0 saturated heterocycles. The SMILES string of the molecule is CC(NC(N)=O)C(=O)Nc1nc(CCCC(=O)O)cs1. The predicted molar refractivity (Wildman–Crippen MR) is 73.5 cm³/mol. The summed E-state index contributed by atoms with van der Waals surface area (Å²) >= 11 is 1.24. The Hall–Kier alpha value is -2.16. The number of carbonyl (C=O) groups is 3. The zero-order valence-electron chi connectivity index (χ0n) is 10.9. The molecule has 1 atom stereocenters. The molecule has 0 radical (unpaired) electrons. The lowest BCUT2D eigenvalue weighted by atomic mass is 10.2. The third kappa shape index (κ3) is 5.65. The Morgan fingerprint density at radius 3 is 2.80 bits per heavy atom. The van der Waals surface area contributed by atoms with E-state index < -0.39 is 23.9 Å². The average Bonchev–Trinajstić information content (AvgIpc) is 2.75. The number of nitrogens with one attached hydrogen (secondary N) is 2. The summed E-state index contributed by atoms with van der Waals surface area (Å²) < 4.78 is 0. The molecule has 110 valence electrons. The highest BCUT2D eigenvalue weighted by Crippen LogP contribution is 2.17. The summed E-state index contributed by atoms with van der Waals surface area (Å²) in [5.41, 5.74) is 5.64. The fraction of sp³-hybridized carbons (Fsp3) is 0.455. The van der Waals surface area contributed by atoms with Crippen molar-refractivity contribution in [3.63, 3.8) is 0 Å². The molecule has 9 heteroatoms. The van der Waals surface area contributed by atoms with Gasteiger partial charge >= 0.3 is 12.0 Å². The molecule has 0 bridgehead atoms. The molecule has 5 N–H and O–H groups in total. The van der Waals surface area contributed by atoms with E-state index in [9.17, 15) is 14.4 Å². The fourth-order valence-electron chi connectivity index (χ4n) is 1.39.